The van der Waals surface area contributed by atoms with Crippen molar-refractivity contribution in [1.29, 1.82) is 0 Å². The topological polar surface area (TPSA) is 53.1 Å². The van der Waals surface area contributed by atoms with Crippen LogP contribution in [-0.2, 0) is 11.3 Å². The van der Waals surface area contributed by atoms with E-state index in [0.29, 0.717) is 6.10 Å². The molecule has 1 aromatic heterocycles. The summed E-state index contributed by atoms with van der Waals surface area (Å²) in [5.74, 6) is 0. The van der Waals surface area contributed by atoms with E-state index in [4.69, 9.17) is 10.5 Å². The van der Waals surface area contributed by atoms with Crippen LogP contribution in [0, 0.1) is 0 Å². The van der Waals surface area contributed by atoms with Crippen LogP contribution in [0.5, 0.6) is 0 Å². The van der Waals surface area contributed by atoms with E-state index in [2.05, 4.69) is 9.55 Å². The molecule has 1 saturated heterocycles. The van der Waals surface area contributed by atoms with Crippen molar-refractivity contribution in [3.63, 3.8) is 0 Å². The Morgan fingerprint density at radius 1 is 1.62 bits per heavy atom. The van der Waals surface area contributed by atoms with Gasteiger partial charge in [-0.1, -0.05) is 0 Å². The van der Waals surface area contributed by atoms with Gasteiger partial charge in [0.2, 0.25) is 0 Å². The highest BCUT2D eigenvalue weighted by molar-refractivity contribution is 5.02. The zero-order valence-electron chi connectivity index (χ0n) is 9.93. The van der Waals surface area contributed by atoms with Crippen molar-refractivity contribution in [1.82, 2.24) is 9.55 Å². The number of rotatable bonds is 4. The molecule has 0 amide bonds. The van der Waals surface area contributed by atoms with Crippen LogP contribution in [0.25, 0.3) is 0 Å². The zero-order chi connectivity index (χ0) is 11.4. The second-order valence-corrected chi connectivity index (χ2v) is 4.58. The molecule has 4 nitrogen and oxygen atoms in total. The first-order valence-electron chi connectivity index (χ1n) is 6.14. The van der Waals surface area contributed by atoms with E-state index < -0.39 is 0 Å². The van der Waals surface area contributed by atoms with E-state index >= 15 is 0 Å². The fourth-order valence-corrected chi connectivity index (χ4v) is 2.22. The van der Waals surface area contributed by atoms with Crippen molar-refractivity contribution in [3.05, 3.63) is 18.2 Å². The number of hydrogen-bond acceptors (Lipinski definition) is 3. The normalized spacial score (nSPS) is 23.2. The van der Waals surface area contributed by atoms with Gasteiger partial charge in [0.15, 0.2) is 0 Å². The lowest BCUT2D eigenvalue weighted by atomic mass is 10.1. The van der Waals surface area contributed by atoms with Gasteiger partial charge in [0.05, 0.1) is 18.1 Å². The van der Waals surface area contributed by atoms with Crippen molar-refractivity contribution in [2.45, 2.75) is 51.3 Å². The van der Waals surface area contributed by atoms with Gasteiger partial charge in [-0.2, -0.15) is 0 Å². The van der Waals surface area contributed by atoms with Crippen molar-refractivity contribution in [2.75, 3.05) is 6.61 Å². The molecule has 2 atom stereocenters. The Kier molecular flexibility index (Phi) is 3.96. The second-order valence-electron chi connectivity index (χ2n) is 4.58. The minimum atomic E-state index is 0.0507. The lowest BCUT2D eigenvalue weighted by Crippen LogP contribution is -2.21. The number of ether oxygens (including phenoxy) is 1. The Balaban J connectivity index is 1.86. The summed E-state index contributed by atoms with van der Waals surface area (Å²) in [5, 5.41) is 0. The molecule has 0 saturated carbocycles. The molecule has 0 radical (unpaired) electrons. The minimum Gasteiger partial charge on any atom is -0.378 e. The van der Waals surface area contributed by atoms with Crippen molar-refractivity contribution in [3.8, 4) is 0 Å². The molecule has 2 heterocycles. The molecule has 1 aliphatic rings. The summed E-state index contributed by atoms with van der Waals surface area (Å²) in [6.45, 7) is 3.88. The minimum absolute atomic E-state index is 0.0507. The van der Waals surface area contributed by atoms with E-state index in [1.54, 1.807) is 0 Å². The zero-order valence-corrected chi connectivity index (χ0v) is 9.93. The number of imidazole rings is 1. The molecule has 0 bridgehead atoms. The van der Waals surface area contributed by atoms with Gasteiger partial charge in [0.1, 0.15) is 0 Å². The molecule has 16 heavy (non-hydrogen) atoms. The summed E-state index contributed by atoms with van der Waals surface area (Å²) in [6, 6.07) is 0.0507. The molecule has 0 aliphatic carbocycles. The first kappa shape index (κ1) is 11.6. The Hall–Kier alpha value is -0.870. The lowest BCUT2D eigenvalue weighted by molar-refractivity contribution is 0.00867. The molecule has 1 aromatic rings. The van der Waals surface area contributed by atoms with E-state index in [1.165, 1.54) is 19.3 Å². The SMILES string of the molecule is CC(N)c1cncn1CCC1CCCCO1. The second kappa shape index (κ2) is 5.46. The van der Waals surface area contributed by atoms with E-state index in [1.807, 2.05) is 19.4 Å². The first-order chi connectivity index (χ1) is 7.77. The van der Waals surface area contributed by atoms with Crippen molar-refractivity contribution in [2.24, 2.45) is 5.73 Å². The lowest BCUT2D eigenvalue weighted by Gasteiger charge is -2.23. The van der Waals surface area contributed by atoms with Gasteiger partial charge in [-0.15, -0.1) is 0 Å². The highest BCUT2D eigenvalue weighted by Gasteiger charge is 2.14. The average molecular weight is 223 g/mol. The van der Waals surface area contributed by atoms with Gasteiger partial charge >= 0.3 is 0 Å². The monoisotopic (exact) mass is 223 g/mol. The highest BCUT2D eigenvalue weighted by Crippen LogP contribution is 2.17. The van der Waals surface area contributed by atoms with E-state index in [9.17, 15) is 0 Å². The molecule has 0 spiro atoms. The number of hydrogen-bond donors (Lipinski definition) is 1. The Labute approximate surface area is 96.8 Å². The summed E-state index contributed by atoms with van der Waals surface area (Å²) >= 11 is 0. The summed E-state index contributed by atoms with van der Waals surface area (Å²) in [5.41, 5.74) is 6.98. The number of nitrogens with two attached hydrogens (primary N) is 1. The standard InChI is InChI=1S/C12H21N3O/c1-10(13)12-8-14-9-15(12)6-5-11-4-2-3-7-16-11/h8-11H,2-7,13H2,1H3. The maximum atomic E-state index is 5.88. The predicted octanol–water partition coefficient (Wildman–Crippen LogP) is 1.86. The molecule has 2 rings (SSSR count). The van der Waals surface area contributed by atoms with Gasteiger partial charge in [0.25, 0.3) is 0 Å². The van der Waals surface area contributed by atoms with Crippen LogP contribution in [0.1, 0.15) is 44.3 Å². The smallest absolute Gasteiger partial charge is 0.0948 e. The average Bonchev–Trinajstić information content (AvgIpc) is 2.76. The third kappa shape index (κ3) is 2.83. The summed E-state index contributed by atoms with van der Waals surface area (Å²) < 4.78 is 7.85. The summed E-state index contributed by atoms with van der Waals surface area (Å²) in [4.78, 5) is 4.15. The third-order valence-corrected chi connectivity index (χ3v) is 3.18. The Morgan fingerprint density at radius 2 is 2.50 bits per heavy atom. The molecular weight excluding hydrogens is 202 g/mol. The number of aromatic nitrogens is 2. The molecule has 2 N–H and O–H groups in total. The largest absolute Gasteiger partial charge is 0.378 e. The highest BCUT2D eigenvalue weighted by atomic mass is 16.5. The van der Waals surface area contributed by atoms with Crippen molar-refractivity contribution < 1.29 is 4.74 Å². The van der Waals surface area contributed by atoms with Crippen LogP contribution in [-0.4, -0.2) is 22.3 Å². The molecule has 90 valence electrons. The predicted molar refractivity (Wildman–Crippen MR) is 63.0 cm³/mol. The van der Waals surface area contributed by atoms with Crippen LogP contribution in [0.2, 0.25) is 0 Å². The summed E-state index contributed by atoms with van der Waals surface area (Å²) in [6.07, 6.45) is 8.92. The van der Waals surface area contributed by atoms with Crippen LogP contribution in [0.4, 0.5) is 0 Å². The first-order valence-corrected chi connectivity index (χ1v) is 6.14. The van der Waals surface area contributed by atoms with Crippen LogP contribution >= 0.6 is 0 Å². The number of nitrogens with zero attached hydrogens (tertiary/aromatic N) is 2. The maximum Gasteiger partial charge on any atom is 0.0948 e. The molecule has 2 unspecified atom stereocenters. The van der Waals surface area contributed by atoms with Crippen LogP contribution in [0.15, 0.2) is 12.5 Å². The van der Waals surface area contributed by atoms with Gasteiger partial charge < -0.3 is 15.0 Å². The van der Waals surface area contributed by atoms with E-state index in [-0.39, 0.29) is 6.04 Å². The molecule has 4 heteroatoms. The quantitative estimate of drug-likeness (QED) is 0.847. The van der Waals surface area contributed by atoms with Crippen LogP contribution in [0.3, 0.4) is 0 Å². The molecular formula is C12H21N3O. The summed E-state index contributed by atoms with van der Waals surface area (Å²) in [7, 11) is 0. The third-order valence-electron chi connectivity index (χ3n) is 3.18. The van der Waals surface area contributed by atoms with Gasteiger partial charge in [0, 0.05) is 25.4 Å². The van der Waals surface area contributed by atoms with Gasteiger partial charge in [-0.05, 0) is 32.6 Å². The Bertz CT molecular complexity index is 316. The maximum absolute atomic E-state index is 5.88. The van der Waals surface area contributed by atoms with Crippen LogP contribution < -0.4 is 5.73 Å². The fourth-order valence-electron chi connectivity index (χ4n) is 2.22. The Morgan fingerprint density at radius 3 is 3.19 bits per heavy atom. The molecule has 1 fully saturated rings. The molecule has 1 aliphatic heterocycles. The fraction of sp³-hybridized carbons (Fsp3) is 0.750. The van der Waals surface area contributed by atoms with E-state index in [0.717, 1.165) is 25.3 Å². The number of aryl methyl sites for hydroxylation is 1. The molecule has 0 aromatic carbocycles. The van der Waals surface area contributed by atoms with Crippen molar-refractivity contribution >= 4 is 0 Å². The van der Waals surface area contributed by atoms with Gasteiger partial charge in [-0.3, -0.25) is 0 Å². The van der Waals surface area contributed by atoms with Gasteiger partial charge in [-0.25, -0.2) is 4.98 Å².